The fourth-order valence-electron chi connectivity index (χ4n) is 4.70. The van der Waals surface area contributed by atoms with Gasteiger partial charge in [0.25, 0.3) is 5.91 Å². The maximum atomic E-state index is 13.4. The molecule has 2 N–H and O–H groups in total. The summed E-state index contributed by atoms with van der Waals surface area (Å²) in [5, 5.41) is 11.2. The highest BCUT2D eigenvalue weighted by Gasteiger charge is 2.38. The fourth-order valence-corrected chi connectivity index (χ4v) is 4.70. The molecule has 2 saturated heterocycles. The van der Waals surface area contributed by atoms with Crippen molar-refractivity contribution in [2.75, 3.05) is 45.9 Å². The smallest absolute Gasteiger partial charge is 0.256 e. The molecule has 7 nitrogen and oxygen atoms in total. The van der Waals surface area contributed by atoms with Gasteiger partial charge in [-0.3, -0.25) is 9.59 Å². The lowest BCUT2D eigenvalue weighted by atomic mass is 9.92. The molecule has 3 aliphatic rings. The molecule has 1 amide bonds. The predicted molar refractivity (Wildman–Crippen MR) is 100 cm³/mol. The second-order valence-corrected chi connectivity index (χ2v) is 8.24. The third-order valence-corrected chi connectivity index (χ3v) is 5.95. The van der Waals surface area contributed by atoms with Gasteiger partial charge in [0.15, 0.2) is 5.78 Å². The minimum atomic E-state index is -1.08. The van der Waals surface area contributed by atoms with Crippen LogP contribution in [0.2, 0.25) is 0 Å². The number of ether oxygens (including phenoxy) is 1. The lowest BCUT2D eigenvalue weighted by Crippen LogP contribution is -2.53. The van der Waals surface area contributed by atoms with Crippen molar-refractivity contribution in [3.63, 3.8) is 0 Å². The SMILES string of the molecule is Cc1[nH]c2c(c1C(=O)N1CCOC[C@](O)(CN3CCCC3)C1)C(=O)CCC2. The zero-order chi connectivity index (χ0) is 19.0. The highest BCUT2D eigenvalue weighted by Crippen LogP contribution is 2.29. The van der Waals surface area contributed by atoms with Crippen molar-refractivity contribution in [3.8, 4) is 0 Å². The van der Waals surface area contributed by atoms with Crippen LogP contribution in [0.5, 0.6) is 0 Å². The molecular formula is C20H29N3O4. The second-order valence-electron chi connectivity index (χ2n) is 8.24. The second kappa shape index (κ2) is 7.37. The molecule has 2 fully saturated rings. The van der Waals surface area contributed by atoms with E-state index in [2.05, 4.69) is 9.88 Å². The number of aromatic amines is 1. The molecule has 27 heavy (non-hydrogen) atoms. The van der Waals surface area contributed by atoms with E-state index >= 15 is 0 Å². The van der Waals surface area contributed by atoms with E-state index in [0.717, 1.165) is 50.2 Å². The van der Waals surface area contributed by atoms with E-state index < -0.39 is 5.60 Å². The molecule has 2 aliphatic heterocycles. The van der Waals surface area contributed by atoms with Crippen molar-refractivity contribution in [2.24, 2.45) is 0 Å². The summed E-state index contributed by atoms with van der Waals surface area (Å²) in [5.74, 6) is -0.132. The summed E-state index contributed by atoms with van der Waals surface area (Å²) in [6, 6.07) is 0. The zero-order valence-electron chi connectivity index (χ0n) is 16.1. The van der Waals surface area contributed by atoms with Gasteiger partial charge in [0.2, 0.25) is 0 Å². The number of carbonyl (C=O) groups is 2. The largest absolute Gasteiger partial charge is 0.384 e. The van der Waals surface area contributed by atoms with Crippen molar-refractivity contribution in [1.29, 1.82) is 0 Å². The van der Waals surface area contributed by atoms with Crippen LogP contribution in [0.1, 0.15) is 57.8 Å². The molecule has 0 bridgehead atoms. The normalized spacial score (nSPS) is 26.9. The summed E-state index contributed by atoms with van der Waals surface area (Å²) in [4.78, 5) is 33.0. The average Bonchev–Trinajstić information content (AvgIpc) is 3.19. The Labute approximate surface area is 159 Å². The third kappa shape index (κ3) is 3.68. The molecule has 0 aromatic carbocycles. The zero-order valence-corrected chi connectivity index (χ0v) is 16.1. The molecule has 1 aliphatic carbocycles. The van der Waals surface area contributed by atoms with Crippen molar-refractivity contribution < 1.29 is 19.4 Å². The summed E-state index contributed by atoms with van der Waals surface area (Å²) in [6.07, 6.45) is 4.42. The first-order chi connectivity index (χ1) is 13.0. The van der Waals surface area contributed by atoms with Crippen molar-refractivity contribution in [1.82, 2.24) is 14.8 Å². The Morgan fingerprint density at radius 1 is 1.22 bits per heavy atom. The number of ketones is 1. The maximum Gasteiger partial charge on any atom is 0.256 e. The number of likely N-dealkylation sites (tertiary alicyclic amines) is 1. The van der Waals surface area contributed by atoms with E-state index in [1.54, 1.807) is 4.90 Å². The number of aryl methyl sites for hydroxylation is 2. The number of fused-ring (bicyclic) bond motifs is 1. The average molecular weight is 375 g/mol. The minimum absolute atomic E-state index is 0.0438. The molecule has 0 radical (unpaired) electrons. The van der Waals surface area contributed by atoms with Crippen molar-refractivity contribution in [2.45, 2.75) is 44.6 Å². The van der Waals surface area contributed by atoms with Gasteiger partial charge in [-0.25, -0.2) is 0 Å². The highest BCUT2D eigenvalue weighted by molar-refractivity contribution is 6.10. The van der Waals surface area contributed by atoms with E-state index in [-0.39, 0.29) is 24.8 Å². The van der Waals surface area contributed by atoms with E-state index in [1.807, 2.05) is 6.92 Å². The number of β-amino-alcohol motifs (C(OH)–C–C–N with tert-alkyl or cyclic N) is 1. The molecule has 1 aromatic rings. The van der Waals surface area contributed by atoms with Crippen LogP contribution < -0.4 is 0 Å². The lowest BCUT2D eigenvalue weighted by molar-refractivity contribution is -0.0524. The molecule has 4 rings (SSSR count). The number of Topliss-reactive ketones (excluding diaryl/α,β-unsaturated/α-hetero) is 1. The van der Waals surface area contributed by atoms with Crippen LogP contribution in [-0.2, 0) is 11.2 Å². The first kappa shape index (κ1) is 18.7. The number of amides is 1. The van der Waals surface area contributed by atoms with Crippen LogP contribution in [0, 0.1) is 6.92 Å². The van der Waals surface area contributed by atoms with E-state index in [4.69, 9.17) is 4.74 Å². The number of hydrogen-bond donors (Lipinski definition) is 2. The van der Waals surface area contributed by atoms with Crippen LogP contribution in [-0.4, -0.2) is 83.1 Å². The van der Waals surface area contributed by atoms with Gasteiger partial charge >= 0.3 is 0 Å². The van der Waals surface area contributed by atoms with Crippen LogP contribution in [0.3, 0.4) is 0 Å². The van der Waals surface area contributed by atoms with Crippen molar-refractivity contribution >= 4 is 11.7 Å². The van der Waals surface area contributed by atoms with Gasteiger partial charge < -0.3 is 24.6 Å². The maximum absolute atomic E-state index is 13.4. The summed E-state index contributed by atoms with van der Waals surface area (Å²) < 4.78 is 5.64. The molecule has 0 unspecified atom stereocenters. The van der Waals surface area contributed by atoms with Crippen LogP contribution in [0.25, 0.3) is 0 Å². The number of nitrogens with zero attached hydrogens (tertiary/aromatic N) is 2. The lowest BCUT2D eigenvalue weighted by Gasteiger charge is -2.34. The summed E-state index contributed by atoms with van der Waals surface area (Å²) >= 11 is 0. The number of rotatable bonds is 3. The monoisotopic (exact) mass is 375 g/mol. The number of aliphatic hydroxyl groups is 1. The van der Waals surface area contributed by atoms with Gasteiger partial charge in [-0.1, -0.05) is 0 Å². The summed E-state index contributed by atoms with van der Waals surface area (Å²) in [5.41, 5.74) is 1.60. The molecule has 0 saturated carbocycles. The number of H-pyrrole nitrogens is 1. The Balaban J connectivity index is 1.57. The van der Waals surface area contributed by atoms with E-state index in [1.165, 1.54) is 0 Å². The van der Waals surface area contributed by atoms with Crippen LogP contribution in [0.15, 0.2) is 0 Å². The van der Waals surface area contributed by atoms with E-state index in [0.29, 0.717) is 37.2 Å². The Bertz CT molecular complexity index is 738. The molecule has 7 heteroatoms. The van der Waals surface area contributed by atoms with Gasteiger partial charge in [0.05, 0.1) is 30.9 Å². The highest BCUT2D eigenvalue weighted by atomic mass is 16.5. The molecule has 148 valence electrons. The fraction of sp³-hybridized carbons (Fsp3) is 0.700. The Morgan fingerprint density at radius 2 is 2.00 bits per heavy atom. The summed E-state index contributed by atoms with van der Waals surface area (Å²) in [7, 11) is 0. The van der Waals surface area contributed by atoms with Gasteiger partial charge in [-0.15, -0.1) is 0 Å². The van der Waals surface area contributed by atoms with Gasteiger partial charge in [0.1, 0.15) is 5.60 Å². The number of hydrogen-bond acceptors (Lipinski definition) is 5. The molecule has 3 heterocycles. The van der Waals surface area contributed by atoms with E-state index in [9.17, 15) is 14.7 Å². The van der Waals surface area contributed by atoms with Crippen LogP contribution in [0.4, 0.5) is 0 Å². The topological polar surface area (TPSA) is 85.9 Å². The number of aromatic nitrogens is 1. The molecule has 0 spiro atoms. The molecule has 1 aromatic heterocycles. The standard InChI is InChI=1S/C20H29N3O4/c1-14-17(18-15(21-14)5-4-6-16(18)24)19(25)23-9-10-27-13-20(26,12-23)11-22-7-2-3-8-22/h21,26H,2-13H2,1H3/t20-/m0/s1. The minimum Gasteiger partial charge on any atom is -0.384 e. The predicted octanol–water partition coefficient (Wildman–Crippen LogP) is 1.14. The Morgan fingerprint density at radius 3 is 2.78 bits per heavy atom. The first-order valence-corrected chi connectivity index (χ1v) is 10.0. The first-order valence-electron chi connectivity index (χ1n) is 10.0. The van der Waals surface area contributed by atoms with Gasteiger partial charge in [0, 0.05) is 30.9 Å². The third-order valence-electron chi connectivity index (χ3n) is 5.95. The molecular weight excluding hydrogens is 346 g/mol. The Hall–Kier alpha value is -1.70. The Kier molecular flexibility index (Phi) is 5.09. The summed E-state index contributed by atoms with van der Waals surface area (Å²) in [6.45, 7) is 5.61. The quantitative estimate of drug-likeness (QED) is 0.828. The number of carbonyl (C=O) groups excluding carboxylic acids is 2. The van der Waals surface area contributed by atoms with Crippen molar-refractivity contribution in [3.05, 3.63) is 22.5 Å². The van der Waals surface area contributed by atoms with Crippen LogP contribution >= 0.6 is 0 Å². The van der Waals surface area contributed by atoms with Gasteiger partial charge in [-0.2, -0.15) is 0 Å². The number of nitrogens with one attached hydrogen (secondary N) is 1. The molecule has 1 atom stereocenters. The van der Waals surface area contributed by atoms with Gasteiger partial charge in [-0.05, 0) is 45.7 Å².